The van der Waals surface area contributed by atoms with Gasteiger partial charge < -0.3 is 0 Å². The number of hydrogen-bond donors (Lipinski definition) is 1. The summed E-state index contributed by atoms with van der Waals surface area (Å²) in [7, 11) is -3.76. The molecular weight excluding hydrogens is 363 g/mol. The second-order valence-corrected chi connectivity index (χ2v) is 7.42. The van der Waals surface area contributed by atoms with Crippen molar-refractivity contribution >= 4 is 38.9 Å². The number of hydrogen-bond acceptors (Lipinski definition) is 4. The van der Waals surface area contributed by atoms with Gasteiger partial charge in [0.1, 0.15) is 0 Å². The van der Waals surface area contributed by atoms with Gasteiger partial charge in [0.2, 0.25) is 10.0 Å². The molecule has 0 heterocycles. The van der Waals surface area contributed by atoms with Crippen LogP contribution in [0.1, 0.15) is 11.1 Å². The van der Waals surface area contributed by atoms with E-state index in [0.29, 0.717) is 15.6 Å². The summed E-state index contributed by atoms with van der Waals surface area (Å²) in [5, 5.41) is 11.7. The molecule has 0 aliphatic heterocycles. The second kappa shape index (κ2) is 7.27. The van der Waals surface area contributed by atoms with Crippen molar-refractivity contribution in [1.29, 1.82) is 0 Å². The first kappa shape index (κ1) is 17.7. The molecule has 0 aliphatic rings. The number of nitrogens with one attached hydrogen (secondary N) is 1. The summed E-state index contributed by atoms with van der Waals surface area (Å²) in [5.74, 6) is -0.488. The van der Waals surface area contributed by atoms with Gasteiger partial charge in [-0.1, -0.05) is 41.4 Å². The number of nitro benzene ring substituents is 1. The van der Waals surface area contributed by atoms with Gasteiger partial charge in [0, 0.05) is 28.2 Å². The predicted octanol–water partition coefficient (Wildman–Crippen LogP) is 3.52. The maximum Gasteiger partial charge on any atom is 0.273 e. The highest BCUT2D eigenvalue weighted by atomic mass is 35.5. The van der Waals surface area contributed by atoms with Crippen molar-refractivity contribution in [1.82, 2.24) is 4.72 Å². The fourth-order valence-corrected chi connectivity index (χ4v) is 3.69. The molecule has 0 unspecified atom stereocenters. The van der Waals surface area contributed by atoms with Crippen LogP contribution in [0.5, 0.6) is 0 Å². The zero-order valence-corrected chi connectivity index (χ0v) is 14.0. The number of halogens is 2. The van der Waals surface area contributed by atoms with Gasteiger partial charge in [-0.25, -0.2) is 13.1 Å². The average molecular weight is 375 g/mol. The Hall–Kier alpha value is -1.67. The normalized spacial score (nSPS) is 11.4. The van der Waals surface area contributed by atoms with Crippen molar-refractivity contribution in [2.75, 3.05) is 0 Å². The van der Waals surface area contributed by atoms with Gasteiger partial charge in [0.15, 0.2) is 0 Å². The fourth-order valence-electron chi connectivity index (χ4n) is 1.97. The number of nitro groups is 1. The molecule has 0 aromatic heterocycles. The summed E-state index contributed by atoms with van der Waals surface area (Å²) in [4.78, 5) is 10.3. The molecule has 0 aliphatic carbocycles. The van der Waals surface area contributed by atoms with E-state index >= 15 is 0 Å². The van der Waals surface area contributed by atoms with Crippen LogP contribution in [0.4, 0.5) is 5.69 Å². The zero-order chi connectivity index (χ0) is 17.0. The van der Waals surface area contributed by atoms with Crippen molar-refractivity contribution in [2.24, 2.45) is 0 Å². The summed E-state index contributed by atoms with van der Waals surface area (Å²) in [5.41, 5.74) is 0.478. The Morgan fingerprint density at radius 2 is 1.70 bits per heavy atom. The maximum absolute atomic E-state index is 12.1. The maximum atomic E-state index is 12.1. The first-order valence-electron chi connectivity index (χ1n) is 6.41. The summed E-state index contributed by atoms with van der Waals surface area (Å²) >= 11 is 11.7. The van der Waals surface area contributed by atoms with Crippen LogP contribution in [-0.4, -0.2) is 13.3 Å². The van der Waals surface area contributed by atoms with Gasteiger partial charge in [-0.2, -0.15) is 0 Å². The van der Waals surface area contributed by atoms with Crippen molar-refractivity contribution in [3.63, 3.8) is 0 Å². The molecule has 0 radical (unpaired) electrons. The van der Waals surface area contributed by atoms with E-state index in [1.807, 2.05) is 0 Å². The van der Waals surface area contributed by atoms with Crippen LogP contribution in [-0.2, 0) is 22.3 Å². The third-order valence-electron chi connectivity index (χ3n) is 2.95. The largest absolute Gasteiger partial charge is 0.273 e. The standard InChI is InChI=1S/C14H12Cl2N2O4S/c15-12-5-10(6-13(16)7-12)8-17-23(21,22)9-11-3-1-2-4-14(11)18(19)20/h1-7,17H,8-9H2. The predicted molar refractivity (Wildman–Crippen MR) is 89.0 cm³/mol. The van der Waals surface area contributed by atoms with Crippen LogP contribution >= 0.6 is 23.2 Å². The topological polar surface area (TPSA) is 89.3 Å². The quantitative estimate of drug-likeness (QED) is 0.618. The molecule has 2 rings (SSSR count). The molecule has 0 amide bonds. The highest BCUT2D eigenvalue weighted by molar-refractivity contribution is 7.88. The van der Waals surface area contributed by atoms with Gasteiger partial charge in [0.05, 0.1) is 10.7 Å². The first-order valence-corrected chi connectivity index (χ1v) is 8.82. The van der Waals surface area contributed by atoms with E-state index in [1.165, 1.54) is 24.3 Å². The second-order valence-electron chi connectivity index (χ2n) is 4.74. The molecule has 122 valence electrons. The van der Waals surface area contributed by atoms with Gasteiger partial charge in [0.25, 0.3) is 5.69 Å². The van der Waals surface area contributed by atoms with Gasteiger partial charge in [-0.15, -0.1) is 0 Å². The zero-order valence-electron chi connectivity index (χ0n) is 11.7. The molecule has 0 saturated heterocycles. The van der Waals surface area contributed by atoms with Gasteiger partial charge in [-0.05, 0) is 23.8 Å². The Balaban J connectivity index is 2.12. The van der Waals surface area contributed by atoms with Crippen LogP contribution in [0.3, 0.4) is 0 Å². The van der Waals surface area contributed by atoms with Crippen LogP contribution in [0, 0.1) is 10.1 Å². The Morgan fingerprint density at radius 1 is 1.09 bits per heavy atom. The lowest BCUT2D eigenvalue weighted by Crippen LogP contribution is -2.25. The number of benzene rings is 2. The number of sulfonamides is 1. The molecule has 9 heteroatoms. The Bertz CT molecular complexity index is 820. The smallest absolute Gasteiger partial charge is 0.258 e. The van der Waals surface area contributed by atoms with Crippen LogP contribution in [0.2, 0.25) is 10.0 Å². The summed E-state index contributed by atoms with van der Waals surface area (Å²) < 4.78 is 26.6. The minimum Gasteiger partial charge on any atom is -0.258 e. The summed E-state index contributed by atoms with van der Waals surface area (Å²) in [6.45, 7) is -0.0107. The third-order valence-corrected chi connectivity index (χ3v) is 4.66. The molecular formula is C14H12Cl2N2O4S. The van der Waals surface area contributed by atoms with E-state index in [0.717, 1.165) is 0 Å². The molecule has 0 bridgehead atoms. The summed E-state index contributed by atoms with van der Waals surface area (Å²) in [6.07, 6.45) is 0. The Labute approximate surface area is 143 Å². The highest BCUT2D eigenvalue weighted by Crippen LogP contribution is 2.21. The number of para-hydroxylation sites is 1. The van der Waals surface area contributed by atoms with Crippen LogP contribution in [0.25, 0.3) is 0 Å². The van der Waals surface area contributed by atoms with E-state index < -0.39 is 20.7 Å². The molecule has 6 nitrogen and oxygen atoms in total. The monoisotopic (exact) mass is 374 g/mol. The highest BCUT2D eigenvalue weighted by Gasteiger charge is 2.19. The molecule has 1 N–H and O–H groups in total. The molecule has 0 saturated carbocycles. The number of nitrogens with zero attached hydrogens (tertiary/aromatic N) is 1. The third kappa shape index (κ3) is 5.18. The van der Waals surface area contributed by atoms with Crippen molar-refractivity contribution < 1.29 is 13.3 Å². The van der Waals surface area contributed by atoms with E-state index in [1.54, 1.807) is 18.2 Å². The molecule has 23 heavy (non-hydrogen) atoms. The van der Waals surface area contributed by atoms with E-state index in [-0.39, 0.29) is 17.8 Å². The fraction of sp³-hybridized carbons (Fsp3) is 0.143. The van der Waals surface area contributed by atoms with Gasteiger partial charge >= 0.3 is 0 Å². The van der Waals surface area contributed by atoms with Crippen LogP contribution < -0.4 is 4.72 Å². The van der Waals surface area contributed by atoms with E-state index in [9.17, 15) is 18.5 Å². The molecule has 2 aromatic carbocycles. The lowest BCUT2D eigenvalue weighted by molar-refractivity contribution is -0.385. The SMILES string of the molecule is O=[N+]([O-])c1ccccc1CS(=O)(=O)NCc1cc(Cl)cc(Cl)c1. The first-order chi connectivity index (χ1) is 10.8. The van der Waals surface area contributed by atoms with Gasteiger partial charge in [-0.3, -0.25) is 10.1 Å². The average Bonchev–Trinajstić information content (AvgIpc) is 2.44. The molecule has 0 fully saturated rings. The van der Waals surface area contributed by atoms with Crippen molar-refractivity contribution in [3.05, 3.63) is 73.8 Å². The van der Waals surface area contributed by atoms with Crippen LogP contribution in [0.15, 0.2) is 42.5 Å². The minimum absolute atomic E-state index is 0.0107. The molecule has 0 spiro atoms. The van der Waals surface area contributed by atoms with E-state index in [2.05, 4.69) is 4.72 Å². The molecule has 0 atom stereocenters. The van der Waals surface area contributed by atoms with Crippen molar-refractivity contribution in [2.45, 2.75) is 12.3 Å². The minimum atomic E-state index is -3.76. The van der Waals surface area contributed by atoms with E-state index in [4.69, 9.17) is 23.2 Å². The Kier molecular flexibility index (Phi) is 5.59. The lowest BCUT2D eigenvalue weighted by Gasteiger charge is -2.08. The lowest BCUT2D eigenvalue weighted by atomic mass is 10.2. The van der Waals surface area contributed by atoms with Crippen molar-refractivity contribution in [3.8, 4) is 0 Å². The Morgan fingerprint density at radius 3 is 2.30 bits per heavy atom. The summed E-state index contributed by atoms with van der Waals surface area (Å²) in [6, 6.07) is 10.4. The molecule has 2 aromatic rings. The number of rotatable bonds is 6.